The fraction of sp³-hybridized carbons (Fsp3) is 0.0769. The minimum atomic E-state index is -0.481. The van der Waals surface area contributed by atoms with Crippen molar-refractivity contribution in [3.05, 3.63) is 53.6 Å². The molecule has 0 unspecified atom stereocenters. The number of para-hydroxylation sites is 1. The molecule has 92 valence electrons. The highest BCUT2D eigenvalue weighted by molar-refractivity contribution is 6.07. The van der Waals surface area contributed by atoms with Gasteiger partial charge in [-0.3, -0.25) is 9.78 Å². The number of hydrogen-bond donors (Lipinski definition) is 2. The average molecular weight is 245 g/mol. The zero-order valence-electron chi connectivity index (χ0n) is 9.77. The Bertz CT molecular complexity index is 578. The highest BCUT2D eigenvalue weighted by atomic mass is 19.1. The molecule has 0 aliphatic heterocycles. The molecule has 5 heteroatoms. The summed E-state index contributed by atoms with van der Waals surface area (Å²) in [4.78, 5) is 15.8. The first-order valence-electron chi connectivity index (χ1n) is 5.35. The second kappa shape index (κ2) is 4.83. The van der Waals surface area contributed by atoms with Crippen LogP contribution in [0.15, 0.2) is 36.7 Å². The quantitative estimate of drug-likeness (QED) is 0.853. The largest absolute Gasteiger partial charge is 0.398 e. The number of carbonyl (C=O) groups excluding carboxylic acids is 1. The van der Waals surface area contributed by atoms with Gasteiger partial charge in [-0.15, -0.1) is 0 Å². The van der Waals surface area contributed by atoms with Crippen LogP contribution in [-0.2, 0) is 0 Å². The van der Waals surface area contributed by atoms with Gasteiger partial charge in [0.2, 0.25) is 0 Å². The first-order valence-corrected chi connectivity index (χ1v) is 5.35. The molecule has 0 aliphatic rings. The van der Waals surface area contributed by atoms with Crippen molar-refractivity contribution in [1.29, 1.82) is 0 Å². The van der Waals surface area contributed by atoms with Gasteiger partial charge in [-0.05, 0) is 24.6 Å². The van der Waals surface area contributed by atoms with Crippen molar-refractivity contribution in [3.8, 4) is 0 Å². The Balaban J connectivity index is 2.30. The second-order valence-corrected chi connectivity index (χ2v) is 3.85. The van der Waals surface area contributed by atoms with Crippen LogP contribution < -0.4 is 11.1 Å². The van der Waals surface area contributed by atoms with Crippen LogP contribution in [0.5, 0.6) is 0 Å². The van der Waals surface area contributed by atoms with E-state index in [9.17, 15) is 9.18 Å². The number of rotatable bonds is 2. The number of aryl methyl sites for hydroxylation is 1. The van der Waals surface area contributed by atoms with Gasteiger partial charge in [-0.25, -0.2) is 4.39 Å². The summed E-state index contributed by atoms with van der Waals surface area (Å²) in [5.74, 6) is -0.959. The monoisotopic (exact) mass is 245 g/mol. The van der Waals surface area contributed by atoms with E-state index in [1.54, 1.807) is 19.1 Å². The number of anilines is 2. The molecule has 3 N–H and O–H groups in total. The number of nitrogens with one attached hydrogen (secondary N) is 1. The molecule has 0 bridgehead atoms. The molecule has 0 spiro atoms. The molecule has 0 radical (unpaired) electrons. The highest BCUT2D eigenvalue weighted by Crippen LogP contribution is 2.20. The molecule has 0 fully saturated rings. The SMILES string of the molecule is Cc1cccc(F)c1NC(=O)c1cnccc1N. The third-order valence-electron chi connectivity index (χ3n) is 2.56. The van der Waals surface area contributed by atoms with Gasteiger partial charge < -0.3 is 11.1 Å². The lowest BCUT2D eigenvalue weighted by Gasteiger charge is -2.10. The van der Waals surface area contributed by atoms with Crippen LogP contribution in [0.4, 0.5) is 15.8 Å². The lowest BCUT2D eigenvalue weighted by atomic mass is 10.1. The maximum absolute atomic E-state index is 13.6. The fourth-order valence-electron chi connectivity index (χ4n) is 1.57. The standard InChI is InChI=1S/C13H12FN3O/c1-8-3-2-4-10(14)12(8)17-13(18)9-7-16-6-5-11(9)15/h2-7H,1H3,(H2,15,16)(H,17,18). The van der Waals surface area contributed by atoms with Gasteiger partial charge in [-0.2, -0.15) is 0 Å². The number of halogens is 1. The topological polar surface area (TPSA) is 68.0 Å². The van der Waals surface area contributed by atoms with E-state index in [1.165, 1.54) is 24.5 Å². The van der Waals surface area contributed by atoms with E-state index in [-0.39, 0.29) is 11.3 Å². The van der Waals surface area contributed by atoms with Crippen LogP contribution in [0.1, 0.15) is 15.9 Å². The smallest absolute Gasteiger partial charge is 0.259 e. The molecule has 2 aromatic rings. The predicted octanol–water partition coefficient (Wildman–Crippen LogP) is 2.36. The molecule has 1 aromatic carbocycles. The van der Waals surface area contributed by atoms with Gasteiger partial charge in [0.05, 0.1) is 11.3 Å². The summed E-state index contributed by atoms with van der Waals surface area (Å²) in [5.41, 5.74) is 6.98. The highest BCUT2D eigenvalue weighted by Gasteiger charge is 2.13. The maximum Gasteiger partial charge on any atom is 0.259 e. The number of amides is 1. The molecule has 0 atom stereocenters. The summed E-state index contributed by atoms with van der Waals surface area (Å²) in [5, 5.41) is 2.50. The van der Waals surface area contributed by atoms with Crippen LogP contribution in [0.3, 0.4) is 0 Å². The lowest BCUT2D eigenvalue weighted by Crippen LogP contribution is -2.16. The maximum atomic E-state index is 13.6. The van der Waals surface area contributed by atoms with Crippen LogP contribution in [0.2, 0.25) is 0 Å². The average Bonchev–Trinajstić information content (AvgIpc) is 2.34. The minimum absolute atomic E-state index is 0.158. The summed E-state index contributed by atoms with van der Waals surface area (Å²) in [6, 6.07) is 6.10. The van der Waals surface area contributed by atoms with E-state index in [2.05, 4.69) is 10.3 Å². The van der Waals surface area contributed by atoms with Gasteiger partial charge in [0.15, 0.2) is 0 Å². The first-order chi connectivity index (χ1) is 8.59. The van der Waals surface area contributed by atoms with Gasteiger partial charge in [-0.1, -0.05) is 12.1 Å². The minimum Gasteiger partial charge on any atom is -0.398 e. The Morgan fingerprint density at radius 3 is 2.83 bits per heavy atom. The molecular weight excluding hydrogens is 233 g/mol. The van der Waals surface area contributed by atoms with Crippen molar-refractivity contribution in [2.45, 2.75) is 6.92 Å². The Labute approximate surface area is 104 Å². The van der Waals surface area contributed by atoms with Crippen LogP contribution >= 0.6 is 0 Å². The van der Waals surface area contributed by atoms with Gasteiger partial charge >= 0.3 is 0 Å². The molecule has 4 nitrogen and oxygen atoms in total. The van der Waals surface area contributed by atoms with E-state index in [4.69, 9.17) is 5.73 Å². The predicted molar refractivity (Wildman–Crippen MR) is 67.7 cm³/mol. The molecule has 1 amide bonds. The summed E-state index contributed by atoms with van der Waals surface area (Å²) < 4.78 is 13.6. The van der Waals surface area contributed by atoms with Crippen molar-refractivity contribution < 1.29 is 9.18 Å². The summed E-state index contributed by atoms with van der Waals surface area (Å²) >= 11 is 0. The van der Waals surface area contributed by atoms with E-state index >= 15 is 0 Å². The number of carbonyl (C=O) groups is 1. The zero-order valence-corrected chi connectivity index (χ0v) is 9.77. The van der Waals surface area contributed by atoms with E-state index in [0.29, 0.717) is 11.3 Å². The van der Waals surface area contributed by atoms with Crippen LogP contribution in [-0.4, -0.2) is 10.9 Å². The molecule has 1 heterocycles. The molecule has 0 aliphatic carbocycles. The number of nitrogens with zero attached hydrogens (tertiary/aromatic N) is 1. The second-order valence-electron chi connectivity index (χ2n) is 3.85. The third-order valence-corrected chi connectivity index (χ3v) is 2.56. The Morgan fingerprint density at radius 1 is 1.39 bits per heavy atom. The molecule has 2 rings (SSSR count). The van der Waals surface area contributed by atoms with Crippen LogP contribution in [0, 0.1) is 12.7 Å². The molecular formula is C13H12FN3O. The summed E-state index contributed by atoms with van der Waals surface area (Å²) in [6.07, 6.45) is 2.83. The Hall–Kier alpha value is -2.43. The lowest BCUT2D eigenvalue weighted by molar-refractivity contribution is 0.102. The zero-order chi connectivity index (χ0) is 13.1. The molecule has 0 saturated heterocycles. The Kier molecular flexibility index (Phi) is 3.23. The number of aromatic nitrogens is 1. The number of pyridine rings is 1. The van der Waals surface area contributed by atoms with Gasteiger partial charge in [0.25, 0.3) is 5.91 Å². The number of benzene rings is 1. The molecule has 0 saturated carbocycles. The van der Waals surface area contributed by atoms with E-state index in [1.807, 2.05) is 0 Å². The van der Waals surface area contributed by atoms with Crippen molar-refractivity contribution in [2.24, 2.45) is 0 Å². The van der Waals surface area contributed by atoms with Crippen LogP contribution in [0.25, 0.3) is 0 Å². The van der Waals surface area contributed by atoms with Crippen molar-refractivity contribution in [1.82, 2.24) is 4.98 Å². The van der Waals surface area contributed by atoms with Crippen molar-refractivity contribution >= 4 is 17.3 Å². The van der Waals surface area contributed by atoms with E-state index < -0.39 is 11.7 Å². The van der Waals surface area contributed by atoms with Crippen molar-refractivity contribution in [3.63, 3.8) is 0 Å². The van der Waals surface area contributed by atoms with Gasteiger partial charge in [0.1, 0.15) is 5.82 Å². The fourth-order valence-corrected chi connectivity index (χ4v) is 1.57. The normalized spacial score (nSPS) is 10.1. The number of nitrogens with two attached hydrogens (primary N) is 1. The summed E-state index contributed by atoms with van der Waals surface area (Å²) in [7, 11) is 0. The van der Waals surface area contributed by atoms with E-state index in [0.717, 1.165) is 0 Å². The summed E-state index contributed by atoms with van der Waals surface area (Å²) in [6.45, 7) is 1.71. The van der Waals surface area contributed by atoms with Gasteiger partial charge in [0, 0.05) is 18.1 Å². The third kappa shape index (κ3) is 2.29. The molecule has 1 aromatic heterocycles. The van der Waals surface area contributed by atoms with Crippen molar-refractivity contribution in [2.75, 3.05) is 11.1 Å². The number of hydrogen-bond acceptors (Lipinski definition) is 3. The first kappa shape index (κ1) is 12.0. The molecule has 18 heavy (non-hydrogen) atoms. The number of nitrogen functional groups attached to an aromatic ring is 1. The Morgan fingerprint density at radius 2 is 2.17 bits per heavy atom.